The van der Waals surface area contributed by atoms with Gasteiger partial charge in [-0.3, -0.25) is 4.79 Å². The Morgan fingerprint density at radius 1 is 0.862 bits per heavy atom. The Bertz CT molecular complexity index is 871. The van der Waals surface area contributed by atoms with Crippen molar-refractivity contribution in [3.63, 3.8) is 0 Å². The Labute approximate surface area is 172 Å². The Kier molecular flexibility index (Phi) is 5.08. The lowest BCUT2D eigenvalue weighted by atomic mass is 9.95. The molecule has 2 fully saturated rings. The second-order valence-electron chi connectivity index (χ2n) is 8.41. The molecule has 2 saturated heterocycles. The summed E-state index contributed by atoms with van der Waals surface area (Å²) >= 11 is 0. The maximum absolute atomic E-state index is 13.1. The summed E-state index contributed by atoms with van der Waals surface area (Å²) in [5, 5.41) is 0. The van der Waals surface area contributed by atoms with Crippen LogP contribution in [-0.4, -0.2) is 48.6 Å². The number of piperidine rings is 2. The quantitative estimate of drug-likeness (QED) is 0.804. The van der Waals surface area contributed by atoms with Crippen molar-refractivity contribution < 1.29 is 4.79 Å². The SMILES string of the molecule is O=C(C1CCN(c2cc(N3CCCCC3)ncn2)CC1)N1CCc2ccccc21. The van der Waals surface area contributed by atoms with Crippen molar-refractivity contribution in [2.24, 2.45) is 5.92 Å². The summed E-state index contributed by atoms with van der Waals surface area (Å²) in [6.07, 6.45) is 8.25. The van der Waals surface area contributed by atoms with Gasteiger partial charge in [-0.05, 0) is 50.2 Å². The van der Waals surface area contributed by atoms with Gasteiger partial charge in [0.05, 0.1) is 0 Å². The van der Waals surface area contributed by atoms with E-state index in [-0.39, 0.29) is 5.92 Å². The molecule has 0 aliphatic carbocycles. The summed E-state index contributed by atoms with van der Waals surface area (Å²) in [5.41, 5.74) is 2.41. The predicted octanol–water partition coefficient (Wildman–Crippen LogP) is 3.27. The minimum Gasteiger partial charge on any atom is -0.356 e. The number of carbonyl (C=O) groups excluding carboxylic acids is 1. The van der Waals surface area contributed by atoms with Gasteiger partial charge >= 0.3 is 0 Å². The first-order valence-corrected chi connectivity index (χ1v) is 11.0. The van der Waals surface area contributed by atoms with Crippen LogP contribution in [0.25, 0.3) is 0 Å². The molecule has 0 spiro atoms. The number of para-hydroxylation sites is 1. The third-order valence-corrected chi connectivity index (χ3v) is 6.64. The van der Waals surface area contributed by atoms with E-state index in [0.717, 1.165) is 69.3 Å². The molecule has 0 atom stereocenters. The van der Waals surface area contributed by atoms with Gasteiger partial charge in [0.25, 0.3) is 0 Å². The first kappa shape index (κ1) is 18.4. The van der Waals surface area contributed by atoms with Crippen molar-refractivity contribution in [1.82, 2.24) is 9.97 Å². The minimum atomic E-state index is 0.112. The number of rotatable bonds is 3. The number of benzene rings is 1. The van der Waals surface area contributed by atoms with E-state index in [9.17, 15) is 4.79 Å². The average Bonchev–Trinajstić information content (AvgIpc) is 3.24. The zero-order valence-electron chi connectivity index (χ0n) is 17.0. The van der Waals surface area contributed by atoms with Gasteiger partial charge < -0.3 is 14.7 Å². The summed E-state index contributed by atoms with van der Waals surface area (Å²) in [4.78, 5) is 28.9. The fourth-order valence-electron chi connectivity index (χ4n) is 4.95. The van der Waals surface area contributed by atoms with Crippen LogP contribution < -0.4 is 14.7 Å². The Morgan fingerprint density at radius 3 is 2.31 bits per heavy atom. The average molecular weight is 392 g/mol. The molecule has 1 amide bonds. The summed E-state index contributed by atoms with van der Waals surface area (Å²) in [6, 6.07) is 10.4. The Balaban J connectivity index is 1.22. The number of hydrogen-bond acceptors (Lipinski definition) is 5. The van der Waals surface area contributed by atoms with Crippen molar-refractivity contribution >= 4 is 23.2 Å². The number of nitrogens with zero attached hydrogens (tertiary/aromatic N) is 5. The van der Waals surface area contributed by atoms with Gasteiger partial charge in [0.15, 0.2) is 0 Å². The second kappa shape index (κ2) is 8.01. The monoisotopic (exact) mass is 391 g/mol. The highest BCUT2D eigenvalue weighted by molar-refractivity contribution is 5.97. The van der Waals surface area contributed by atoms with E-state index in [2.05, 4.69) is 44.0 Å². The van der Waals surface area contributed by atoms with Gasteiger partial charge in [-0.25, -0.2) is 9.97 Å². The van der Waals surface area contributed by atoms with Crippen LogP contribution in [-0.2, 0) is 11.2 Å². The highest BCUT2D eigenvalue weighted by Crippen LogP contribution is 2.32. The topological polar surface area (TPSA) is 52.6 Å². The highest BCUT2D eigenvalue weighted by atomic mass is 16.2. The zero-order valence-corrected chi connectivity index (χ0v) is 17.0. The first-order valence-electron chi connectivity index (χ1n) is 11.0. The molecule has 1 aromatic carbocycles. The molecule has 6 nitrogen and oxygen atoms in total. The molecule has 0 radical (unpaired) electrons. The normalized spacial score (nSPS) is 20.1. The minimum absolute atomic E-state index is 0.112. The highest BCUT2D eigenvalue weighted by Gasteiger charge is 2.32. The van der Waals surface area contributed by atoms with Crippen molar-refractivity contribution in [3.8, 4) is 0 Å². The molecule has 0 bridgehead atoms. The number of aromatic nitrogens is 2. The van der Waals surface area contributed by atoms with Crippen LogP contribution in [0, 0.1) is 5.92 Å². The summed E-state index contributed by atoms with van der Waals surface area (Å²) in [7, 11) is 0. The van der Waals surface area contributed by atoms with Gasteiger partial charge in [0.2, 0.25) is 5.91 Å². The van der Waals surface area contributed by atoms with E-state index in [4.69, 9.17) is 0 Å². The first-order chi connectivity index (χ1) is 14.3. The maximum atomic E-state index is 13.1. The molecule has 0 unspecified atom stereocenters. The van der Waals surface area contributed by atoms with Crippen LogP contribution >= 0.6 is 0 Å². The second-order valence-corrected chi connectivity index (χ2v) is 8.41. The lowest BCUT2D eigenvalue weighted by Crippen LogP contribution is -2.42. The molecule has 2 aromatic rings. The maximum Gasteiger partial charge on any atom is 0.230 e. The molecular weight excluding hydrogens is 362 g/mol. The zero-order chi connectivity index (χ0) is 19.6. The van der Waals surface area contributed by atoms with Crippen LogP contribution in [0.4, 0.5) is 17.3 Å². The van der Waals surface area contributed by atoms with Gasteiger partial charge in [-0.2, -0.15) is 0 Å². The summed E-state index contributed by atoms with van der Waals surface area (Å²) in [5.74, 6) is 2.45. The van der Waals surface area contributed by atoms with Crippen molar-refractivity contribution in [2.75, 3.05) is 47.4 Å². The van der Waals surface area contributed by atoms with Gasteiger partial charge in [-0.15, -0.1) is 0 Å². The molecule has 6 heteroatoms. The van der Waals surface area contributed by atoms with E-state index in [1.54, 1.807) is 6.33 Å². The smallest absolute Gasteiger partial charge is 0.230 e. The Morgan fingerprint density at radius 2 is 1.55 bits per heavy atom. The molecule has 3 aliphatic heterocycles. The molecule has 0 N–H and O–H groups in total. The summed E-state index contributed by atoms with van der Waals surface area (Å²) < 4.78 is 0. The van der Waals surface area contributed by atoms with E-state index < -0.39 is 0 Å². The van der Waals surface area contributed by atoms with Crippen molar-refractivity contribution in [1.29, 1.82) is 0 Å². The number of amides is 1. The largest absolute Gasteiger partial charge is 0.356 e. The number of hydrogen-bond donors (Lipinski definition) is 0. The molecule has 1 aromatic heterocycles. The van der Waals surface area contributed by atoms with Crippen LogP contribution in [0.1, 0.15) is 37.7 Å². The van der Waals surface area contributed by atoms with E-state index in [0.29, 0.717) is 5.91 Å². The fourth-order valence-corrected chi connectivity index (χ4v) is 4.95. The van der Waals surface area contributed by atoms with Crippen LogP contribution in [0.5, 0.6) is 0 Å². The third-order valence-electron chi connectivity index (χ3n) is 6.64. The van der Waals surface area contributed by atoms with Crippen molar-refractivity contribution in [2.45, 2.75) is 38.5 Å². The predicted molar refractivity (Wildman–Crippen MR) is 116 cm³/mol. The van der Waals surface area contributed by atoms with Crippen molar-refractivity contribution in [3.05, 3.63) is 42.2 Å². The van der Waals surface area contributed by atoms with Gasteiger partial charge in [0, 0.05) is 50.4 Å². The van der Waals surface area contributed by atoms with Crippen LogP contribution in [0.15, 0.2) is 36.7 Å². The van der Waals surface area contributed by atoms with Crippen LogP contribution in [0.3, 0.4) is 0 Å². The molecule has 3 aliphatic rings. The lowest BCUT2D eigenvalue weighted by molar-refractivity contribution is -0.122. The van der Waals surface area contributed by atoms with Gasteiger partial charge in [0.1, 0.15) is 18.0 Å². The number of anilines is 3. The molecule has 152 valence electrons. The molecule has 29 heavy (non-hydrogen) atoms. The fraction of sp³-hybridized carbons (Fsp3) is 0.522. The van der Waals surface area contributed by atoms with Gasteiger partial charge in [-0.1, -0.05) is 18.2 Å². The van der Waals surface area contributed by atoms with Crippen LogP contribution in [0.2, 0.25) is 0 Å². The molecule has 0 saturated carbocycles. The number of carbonyl (C=O) groups is 1. The summed E-state index contributed by atoms with van der Waals surface area (Å²) in [6.45, 7) is 4.75. The molecule has 5 rings (SSSR count). The van der Waals surface area contributed by atoms with E-state index in [1.165, 1.54) is 24.8 Å². The molecule has 4 heterocycles. The standard InChI is InChI=1S/C23H29N5O/c29-23(28-15-10-18-6-2-3-7-20(18)28)19-8-13-27(14-9-19)22-16-21(24-17-25-22)26-11-4-1-5-12-26/h2-3,6-7,16-17,19H,1,4-5,8-15H2. The molecular formula is C23H29N5O. The van der Waals surface area contributed by atoms with E-state index >= 15 is 0 Å². The van der Waals surface area contributed by atoms with E-state index in [1.807, 2.05) is 11.0 Å². The Hall–Kier alpha value is -2.63. The third kappa shape index (κ3) is 3.68. The number of fused-ring (bicyclic) bond motifs is 1. The lowest BCUT2D eigenvalue weighted by Gasteiger charge is -2.34.